The lowest BCUT2D eigenvalue weighted by Crippen LogP contribution is -2.48. The Hall–Kier alpha value is -2.38. The molecule has 7 heteroatoms. The zero-order valence-corrected chi connectivity index (χ0v) is 18.8. The molecule has 6 nitrogen and oxygen atoms in total. The van der Waals surface area contributed by atoms with Gasteiger partial charge in [-0.15, -0.1) is 0 Å². The molecule has 2 N–H and O–H groups in total. The number of likely N-dealkylation sites (tertiary alicyclic amines) is 1. The lowest BCUT2D eigenvalue weighted by molar-refractivity contribution is 0.198. The number of thiophene rings is 1. The van der Waals surface area contributed by atoms with Crippen LogP contribution in [0.5, 0.6) is 0 Å². The first-order chi connectivity index (χ1) is 14.7. The number of aryl methyl sites for hydroxylation is 1. The molecule has 0 unspecified atom stereocenters. The number of piperidine rings is 1. The highest BCUT2D eigenvalue weighted by molar-refractivity contribution is 7.07. The van der Waals surface area contributed by atoms with E-state index in [2.05, 4.69) is 75.1 Å². The van der Waals surface area contributed by atoms with Gasteiger partial charge in [-0.05, 0) is 60.7 Å². The molecule has 0 amide bonds. The maximum Gasteiger partial charge on any atom is 0.191 e. The van der Waals surface area contributed by atoms with Gasteiger partial charge in [0.05, 0.1) is 5.69 Å². The van der Waals surface area contributed by atoms with Crippen LogP contribution in [0.4, 0.5) is 0 Å². The second-order valence-corrected chi connectivity index (χ2v) is 8.77. The van der Waals surface area contributed by atoms with E-state index >= 15 is 0 Å². The number of hydrogen-bond donors (Lipinski definition) is 2. The first kappa shape index (κ1) is 20.9. The van der Waals surface area contributed by atoms with Gasteiger partial charge in [-0.2, -0.15) is 11.3 Å². The molecule has 0 bridgehead atoms. The zero-order valence-electron chi connectivity index (χ0n) is 18.0. The molecule has 4 rings (SSSR count). The molecule has 0 aromatic carbocycles. The topological polar surface area (TPSA) is 57.0 Å². The minimum absolute atomic E-state index is 0.486. The van der Waals surface area contributed by atoms with Crippen molar-refractivity contribution in [2.75, 3.05) is 26.2 Å². The molecule has 30 heavy (non-hydrogen) atoms. The third-order valence-corrected chi connectivity index (χ3v) is 6.36. The van der Waals surface area contributed by atoms with E-state index in [0.717, 1.165) is 69.3 Å². The summed E-state index contributed by atoms with van der Waals surface area (Å²) in [5.74, 6) is 0.925. The maximum atomic E-state index is 4.81. The Bertz CT molecular complexity index is 953. The van der Waals surface area contributed by atoms with Crippen molar-refractivity contribution in [1.82, 2.24) is 24.9 Å². The molecule has 0 saturated carbocycles. The first-order valence-electron chi connectivity index (χ1n) is 10.9. The van der Waals surface area contributed by atoms with E-state index in [1.54, 1.807) is 11.3 Å². The quantitative estimate of drug-likeness (QED) is 0.450. The van der Waals surface area contributed by atoms with Crippen molar-refractivity contribution in [3.63, 3.8) is 0 Å². The first-order valence-corrected chi connectivity index (χ1v) is 11.9. The molecule has 1 aliphatic rings. The SMILES string of the molecule is CCNC(=NCCc1cn2cccc(C)c2n1)NC1CCN(Cc2ccsc2)CC1. The van der Waals surface area contributed by atoms with Gasteiger partial charge in [0.25, 0.3) is 0 Å². The molecule has 3 aromatic rings. The van der Waals surface area contributed by atoms with Gasteiger partial charge in [0.2, 0.25) is 0 Å². The van der Waals surface area contributed by atoms with Crippen LogP contribution in [0.3, 0.4) is 0 Å². The van der Waals surface area contributed by atoms with Crippen LogP contribution in [0.1, 0.15) is 36.6 Å². The fourth-order valence-corrected chi connectivity index (χ4v) is 4.66. The van der Waals surface area contributed by atoms with Gasteiger partial charge >= 0.3 is 0 Å². The minimum atomic E-state index is 0.486. The molecule has 0 radical (unpaired) electrons. The van der Waals surface area contributed by atoms with Gasteiger partial charge in [0.1, 0.15) is 5.65 Å². The van der Waals surface area contributed by atoms with Gasteiger partial charge in [-0.1, -0.05) is 6.07 Å². The van der Waals surface area contributed by atoms with Crippen molar-refractivity contribution >= 4 is 22.9 Å². The number of nitrogens with zero attached hydrogens (tertiary/aromatic N) is 4. The molecule has 160 valence electrons. The number of guanidine groups is 1. The molecule has 4 heterocycles. The number of aromatic nitrogens is 2. The van der Waals surface area contributed by atoms with Gasteiger partial charge in [0, 0.05) is 57.6 Å². The van der Waals surface area contributed by atoms with Crippen molar-refractivity contribution in [1.29, 1.82) is 0 Å². The van der Waals surface area contributed by atoms with Crippen molar-refractivity contribution in [3.05, 3.63) is 58.2 Å². The number of hydrogen-bond acceptors (Lipinski definition) is 4. The van der Waals surface area contributed by atoms with Gasteiger partial charge in [-0.3, -0.25) is 9.89 Å². The van der Waals surface area contributed by atoms with Gasteiger partial charge in [0.15, 0.2) is 5.96 Å². The normalized spacial score (nSPS) is 16.3. The second kappa shape index (κ2) is 10.1. The van der Waals surface area contributed by atoms with Crippen molar-refractivity contribution in [2.24, 2.45) is 4.99 Å². The number of fused-ring (bicyclic) bond motifs is 1. The number of pyridine rings is 1. The molecule has 1 aliphatic heterocycles. The number of rotatable bonds is 7. The Labute approximate surface area is 183 Å². The van der Waals surface area contributed by atoms with Crippen LogP contribution in [0, 0.1) is 6.92 Å². The Balaban J connectivity index is 1.27. The van der Waals surface area contributed by atoms with Crippen LogP contribution in [0.15, 0.2) is 46.3 Å². The maximum absolute atomic E-state index is 4.81. The molecule has 0 spiro atoms. The number of imidazole rings is 1. The van der Waals surface area contributed by atoms with Crippen LogP contribution >= 0.6 is 11.3 Å². The Morgan fingerprint density at radius 3 is 2.90 bits per heavy atom. The average Bonchev–Trinajstić information content (AvgIpc) is 3.40. The van der Waals surface area contributed by atoms with E-state index in [-0.39, 0.29) is 0 Å². The summed E-state index contributed by atoms with van der Waals surface area (Å²) in [5, 5.41) is 11.5. The smallest absolute Gasteiger partial charge is 0.191 e. The van der Waals surface area contributed by atoms with E-state index in [9.17, 15) is 0 Å². The van der Waals surface area contributed by atoms with Crippen molar-refractivity contribution in [2.45, 2.75) is 45.7 Å². The summed E-state index contributed by atoms with van der Waals surface area (Å²) >= 11 is 1.78. The fraction of sp³-hybridized carbons (Fsp3) is 0.478. The van der Waals surface area contributed by atoms with Crippen LogP contribution in [-0.2, 0) is 13.0 Å². The summed E-state index contributed by atoms with van der Waals surface area (Å²) in [6, 6.07) is 6.88. The molecular formula is C23H32N6S. The van der Waals surface area contributed by atoms with Crippen molar-refractivity contribution < 1.29 is 0 Å². The fourth-order valence-electron chi connectivity index (χ4n) is 4.00. The van der Waals surface area contributed by atoms with Gasteiger partial charge in [-0.25, -0.2) is 4.98 Å². The van der Waals surface area contributed by atoms with Crippen LogP contribution in [0.25, 0.3) is 5.65 Å². The third kappa shape index (κ3) is 5.40. The van der Waals surface area contributed by atoms with Crippen LogP contribution < -0.4 is 10.6 Å². The number of aliphatic imine (C=N–C) groups is 1. The molecule has 0 atom stereocenters. The average molecular weight is 425 g/mol. The standard InChI is InChI=1S/C23H32N6S/c1-3-24-23(25-10-6-21-16-29-11-4-5-18(2)22(29)26-21)27-20-7-12-28(13-8-20)15-19-9-14-30-17-19/h4-5,9,11,14,16-17,20H,3,6-8,10,12-13,15H2,1-2H3,(H2,24,25,27). The summed E-state index contributed by atoms with van der Waals surface area (Å²) in [7, 11) is 0. The van der Waals surface area contributed by atoms with E-state index < -0.39 is 0 Å². The summed E-state index contributed by atoms with van der Waals surface area (Å²) < 4.78 is 2.10. The Morgan fingerprint density at radius 2 is 2.17 bits per heavy atom. The molecule has 0 aliphatic carbocycles. The van der Waals surface area contributed by atoms with Crippen LogP contribution in [0.2, 0.25) is 0 Å². The summed E-state index contributed by atoms with van der Waals surface area (Å²) in [6.45, 7) is 9.16. The monoisotopic (exact) mass is 424 g/mol. The molecule has 1 saturated heterocycles. The predicted molar refractivity (Wildman–Crippen MR) is 125 cm³/mol. The summed E-state index contributed by atoms with van der Waals surface area (Å²) in [5.41, 5.74) is 4.76. The lowest BCUT2D eigenvalue weighted by atomic mass is 10.0. The highest BCUT2D eigenvalue weighted by atomic mass is 32.1. The highest BCUT2D eigenvalue weighted by Gasteiger charge is 2.20. The largest absolute Gasteiger partial charge is 0.357 e. The van der Waals surface area contributed by atoms with E-state index in [4.69, 9.17) is 9.98 Å². The molecule has 3 aromatic heterocycles. The van der Waals surface area contributed by atoms with E-state index in [1.807, 2.05) is 0 Å². The Kier molecular flexibility index (Phi) is 7.02. The minimum Gasteiger partial charge on any atom is -0.357 e. The highest BCUT2D eigenvalue weighted by Crippen LogP contribution is 2.15. The zero-order chi connectivity index (χ0) is 20.8. The summed E-state index contributed by atoms with van der Waals surface area (Å²) in [4.78, 5) is 12.1. The predicted octanol–water partition coefficient (Wildman–Crippen LogP) is 3.47. The second-order valence-electron chi connectivity index (χ2n) is 7.99. The summed E-state index contributed by atoms with van der Waals surface area (Å²) in [6.07, 6.45) is 7.32. The van der Waals surface area contributed by atoms with E-state index in [1.165, 1.54) is 11.1 Å². The van der Waals surface area contributed by atoms with Crippen LogP contribution in [-0.4, -0.2) is 52.5 Å². The molecular weight excluding hydrogens is 392 g/mol. The molecule has 1 fully saturated rings. The number of nitrogens with one attached hydrogen (secondary N) is 2. The Morgan fingerprint density at radius 1 is 1.30 bits per heavy atom. The lowest BCUT2D eigenvalue weighted by Gasteiger charge is -2.33. The third-order valence-electron chi connectivity index (χ3n) is 5.62. The van der Waals surface area contributed by atoms with Gasteiger partial charge < -0.3 is 15.0 Å². The van der Waals surface area contributed by atoms with Crippen molar-refractivity contribution in [3.8, 4) is 0 Å². The van der Waals surface area contributed by atoms with E-state index in [0.29, 0.717) is 6.04 Å².